The average Bonchev–Trinajstić information content (AvgIpc) is 2.72. The molecule has 0 saturated heterocycles. The minimum absolute atomic E-state index is 0.114. The zero-order chi connectivity index (χ0) is 13.6. The van der Waals surface area contributed by atoms with E-state index < -0.39 is 0 Å². The van der Waals surface area contributed by atoms with Crippen LogP contribution in [-0.2, 0) is 0 Å². The number of benzene rings is 2. The highest BCUT2D eigenvalue weighted by atomic mass is 79.9. The van der Waals surface area contributed by atoms with Crippen LogP contribution in [0.15, 0.2) is 34.8 Å². The Labute approximate surface area is 123 Å². The van der Waals surface area contributed by atoms with Crippen LogP contribution in [-0.4, -0.2) is 15.1 Å². The number of hydrogen-bond donors (Lipinski definition) is 2. The lowest BCUT2D eigenvalue weighted by Crippen LogP contribution is -1.81. The van der Waals surface area contributed by atoms with Crippen LogP contribution < -0.4 is 0 Å². The second kappa shape index (κ2) is 4.54. The van der Waals surface area contributed by atoms with E-state index in [1.54, 1.807) is 12.1 Å². The predicted molar refractivity (Wildman–Crippen MR) is 80.6 cm³/mol. The fourth-order valence-electron chi connectivity index (χ4n) is 2.08. The SMILES string of the molecule is Cc1cc(Br)cc2[nH]c(-c3ccc(Cl)cc3O)nc12. The van der Waals surface area contributed by atoms with Crippen molar-refractivity contribution >= 4 is 38.6 Å². The lowest BCUT2D eigenvalue weighted by molar-refractivity contribution is 0.477. The van der Waals surface area contributed by atoms with Crippen molar-refractivity contribution in [2.45, 2.75) is 6.92 Å². The van der Waals surface area contributed by atoms with Gasteiger partial charge in [-0.15, -0.1) is 0 Å². The van der Waals surface area contributed by atoms with Crippen LogP contribution in [0.1, 0.15) is 5.56 Å². The molecule has 1 heterocycles. The topological polar surface area (TPSA) is 48.9 Å². The number of rotatable bonds is 1. The molecule has 5 heteroatoms. The molecule has 0 aliphatic heterocycles. The Morgan fingerprint density at radius 1 is 1.26 bits per heavy atom. The highest BCUT2D eigenvalue weighted by Crippen LogP contribution is 2.32. The normalized spacial score (nSPS) is 11.1. The molecule has 3 rings (SSSR count). The van der Waals surface area contributed by atoms with Gasteiger partial charge in [0.2, 0.25) is 0 Å². The van der Waals surface area contributed by atoms with Gasteiger partial charge in [-0.1, -0.05) is 27.5 Å². The monoisotopic (exact) mass is 336 g/mol. The zero-order valence-electron chi connectivity index (χ0n) is 10.0. The van der Waals surface area contributed by atoms with Crippen molar-refractivity contribution in [1.29, 1.82) is 0 Å². The number of phenolic OH excluding ortho intramolecular Hbond substituents is 1. The first-order valence-electron chi connectivity index (χ1n) is 5.69. The van der Waals surface area contributed by atoms with Gasteiger partial charge in [-0.3, -0.25) is 0 Å². The highest BCUT2D eigenvalue weighted by molar-refractivity contribution is 9.10. The van der Waals surface area contributed by atoms with Gasteiger partial charge in [-0.2, -0.15) is 0 Å². The maximum absolute atomic E-state index is 9.94. The van der Waals surface area contributed by atoms with Crippen molar-refractivity contribution in [2.24, 2.45) is 0 Å². The summed E-state index contributed by atoms with van der Waals surface area (Å²) >= 11 is 9.29. The van der Waals surface area contributed by atoms with E-state index in [0.717, 1.165) is 21.1 Å². The van der Waals surface area contributed by atoms with Gasteiger partial charge in [-0.25, -0.2) is 4.98 Å². The van der Waals surface area contributed by atoms with Crippen LogP contribution in [0.2, 0.25) is 5.02 Å². The molecule has 19 heavy (non-hydrogen) atoms. The van der Waals surface area contributed by atoms with Gasteiger partial charge in [-0.05, 0) is 42.8 Å². The number of nitrogens with zero attached hydrogens (tertiary/aromatic N) is 1. The van der Waals surface area contributed by atoms with Crippen molar-refractivity contribution in [3.05, 3.63) is 45.4 Å². The van der Waals surface area contributed by atoms with E-state index in [0.29, 0.717) is 16.4 Å². The third kappa shape index (κ3) is 2.22. The summed E-state index contributed by atoms with van der Waals surface area (Å²) in [7, 11) is 0. The van der Waals surface area contributed by atoms with Gasteiger partial charge < -0.3 is 10.1 Å². The average molecular weight is 338 g/mol. The number of H-pyrrole nitrogens is 1. The molecule has 2 N–H and O–H groups in total. The number of aromatic hydroxyl groups is 1. The standard InChI is InChI=1S/C14H10BrClN2O/c1-7-4-8(15)5-11-13(7)18-14(17-11)10-3-2-9(16)6-12(10)19/h2-6,19H,1H3,(H,17,18). The lowest BCUT2D eigenvalue weighted by Gasteiger charge is -2.00. The molecular weight excluding hydrogens is 328 g/mol. The largest absolute Gasteiger partial charge is 0.507 e. The van der Waals surface area contributed by atoms with E-state index in [1.165, 1.54) is 6.07 Å². The molecule has 0 aliphatic rings. The first kappa shape index (κ1) is 12.5. The molecule has 0 bridgehead atoms. The smallest absolute Gasteiger partial charge is 0.142 e. The third-order valence-electron chi connectivity index (χ3n) is 2.96. The molecule has 3 nitrogen and oxygen atoms in total. The Bertz CT molecular complexity index is 782. The first-order chi connectivity index (χ1) is 9.04. The summed E-state index contributed by atoms with van der Waals surface area (Å²) in [6.45, 7) is 2.00. The number of aromatic amines is 1. The van der Waals surface area contributed by atoms with Crippen LogP contribution in [0.5, 0.6) is 5.75 Å². The number of aromatic nitrogens is 2. The molecule has 0 unspecified atom stereocenters. The van der Waals surface area contributed by atoms with Crippen molar-refractivity contribution < 1.29 is 5.11 Å². The number of hydrogen-bond acceptors (Lipinski definition) is 2. The van der Waals surface area contributed by atoms with Crippen molar-refractivity contribution in [3.63, 3.8) is 0 Å². The van der Waals surface area contributed by atoms with E-state index in [1.807, 2.05) is 19.1 Å². The second-order valence-electron chi connectivity index (χ2n) is 4.37. The molecule has 1 aromatic heterocycles. The Kier molecular flexibility index (Phi) is 2.99. The molecule has 0 spiro atoms. The third-order valence-corrected chi connectivity index (χ3v) is 3.65. The summed E-state index contributed by atoms with van der Waals surface area (Å²) < 4.78 is 0.994. The number of phenols is 1. The van der Waals surface area contributed by atoms with E-state index in [9.17, 15) is 5.11 Å². The summed E-state index contributed by atoms with van der Waals surface area (Å²) in [6.07, 6.45) is 0. The van der Waals surface area contributed by atoms with Crippen LogP contribution in [0.3, 0.4) is 0 Å². The first-order valence-corrected chi connectivity index (χ1v) is 6.86. The van der Waals surface area contributed by atoms with E-state index >= 15 is 0 Å². The lowest BCUT2D eigenvalue weighted by atomic mass is 10.2. The zero-order valence-corrected chi connectivity index (χ0v) is 12.4. The molecule has 0 saturated carbocycles. The van der Waals surface area contributed by atoms with Gasteiger partial charge in [0.05, 0.1) is 16.6 Å². The molecule has 0 atom stereocenters. The number of aryl methyl sites for hydroxylation is 1. The van der Waals surface area contributed by atoms with Crippen LogP contribution in [0.4, 0.5) is 0 Å². The fourth-order valence-corrected chi connectivity index (χ4v) is 2.82. The van der Waals surface area contributed by atoms with Crippen molar-refractivity contribution in [3.8, 4) is 17.1 Å². The Hall–Kier alpha value is -1.52. The molecule has 2 aromatic carbocycles. The van der Waals surface area contributed by atoms with Gasteiger partial charge in [0.15, 0.2) is 0 Å². The van der Waals surface area contributed by atoms with Crippen LogP contribution in [0, 0.1) is 6.92 Å². The number of fused-ring (bicyclic) bond motifs is 1. The van der Waals surface area contributed by atoms with Crippen molar-refractivity contribution in [2.75, 3.05) is 0 Å². The number of halogens is 2. The quantitative estimate of drug-likeness (QED) is 0.678. The van der Waals surface area contributed by atoms with Gasteiger partial charge >= 0.3 is 0 Å². The maximum Gasteiger partial charge on any atom is 0.142 e. The summed E-state index contributed by atoms with van der Waals surface area (Å²) in [6, 6.07) is 8.96. The van der Waals surface area contributed by atoms with Crippen LogP contribution in [0.25, 0.3) is 22.4 Å². The summed E-state index contributed by atoms with van der Waals surface area (Å²) in [5, 5.41) is 10.4. The van der Waals surface area contributed by atoms with Gasteiger partial charge in [0.1, 0.15) is 11.6 Å². The minimum atomic E-state index is 0.114. The Balaban J connectivity index is 2.23. The molecule has 0 aliphatic carbocycles. The Morgan fingerprint density at radius 2 is 2.05 bits per heavy atom. The molecule has 96 valence electrons. The van der Waals surface area contributed by atoms with Gasteiger partial charge in [0.25, 0.3) is 0 Å². The van der Waals surface area contributed by atoms with Gasteiger partial charge in [0, 0.05) is 9.50 Å². The maximum atomic E-state index is 9.94. The molecule has 0 fully saturated rings. The van der Waals surface area contributed by atoms with E-state index in [2.05, 4.69) is 25.9 Å². The summed E-state index contributed by atoms with van der Waals surface area (Å²) in [4.78, 5) is 7.74. The summed E-state index contributed by atoms with van der Waals surface area (Å²) in [5.41, 5.74) is 3.53. The fraction of sp³-hybridized carbons (Fsp3) is 0.0714. The number of nitrogens with one attached hydrogen (secondary N) is 1. The predicted octanol–water partition coefficient (Wildman–Crippen LogP) is 4.66. The molecule has 0 radical (unpaired) electrons. The molecule has 0 amide bonds. The molecule has 3 aromatic rings. The van der Waals surface area contributed by atoms with E-state index in [-0.39, 0.29) is 5.75 Å². The second-order valence-corrected chi connectivity index (χ2v) is 5.72. The highest BCUT2D eigenvalue weighted by Gasteiger charge is 2.11. The summed E-state index contributed by atoms with van der Waals surface area (Å²) in [5.74, 6) is 0.744. The minimum Gasteiger partial charge on any atom is -0.507 e. The van der Waals surface area contributed by atoms with Crippen molar-refractivity contribution in [1.82, 2.24) is 9.97 Å². The number of imidazole rings is 1. The van der Waals surface area contributed by atoms with Crippen LogP contribution >= 0.6 is 27.5 Å². The Morgan fingerprint density at radius 3 is 2.79 bits per heavy atom. The molecular formula is C14H10BrClN2O. The van der Waals surface area contributed by atoms with E-state index in [4.69, 9.17) is 11.6 Å².